The summed E-state index contributed by atoms with van der Waals surface area (Å²) in [6.45, 7) is 0.0207. The first kappa shape index (κ1) is 22.9. The van der Waals surface area contributed by atoms with Crippen molar-refractivity contribution in [1.29, 1.82) is 0 Å². The van der Waals surface area contributed by atoms with Crippen molar-refractivity contribution >= 4 is 56.2 Å². The highest BCUT2D eigenvalue weighted by Gasteiger charge is 2.32. The molecule has 0 radical (unpaired) electrons. The molecule has 0 bridgehead atoms. The van der Waals surface area contributed by atoms with E-state index >= 15 is 0 Å². The van der Waals surface area contributed by atoms with Crippen LogP contribution in [0.15, 0.2) is 64.4 Å². The van der Waals surface area contributed by atoms with Gasteiger partial charge in [0.25, 0.3) is 15.9 Å². The third-order valence-corrected chi connectivity index (χ3v) is 6.88. The number of carbonyl (C=O) groups is 2. The summed E-state index contributed by atoms with van der Waals surface area (Å²) in [5, 5.41) is 0. The van der Waals surface area contributed by atoms with Crippen molar-refractivity contribution in [3.8, 4) is 5.75 Å². The maximum atomic E-state index is 12.7. The smallest absolute Gasteiger partial charge is 0.266 e. The Morgan fingerprint density at radius 2 is 1.84 bits per heavy atom. The van der Waals surface area contributed by atoms with Crippen LogP contribution in [0.1, 0.15) is 12.0 Å². The maximum absolute atomic E-state index is 12.7. The predicted octanol–water partition coefficient (Wildman–Crippen LogP) is 2.30. The van der Waals surface area contributed by atoms with Crippen molar-refractivity contribution in [2.45, 2.75) is 11.3 Å². The Balaban J connectivity index is 1.58. The molecule has 0 unspecified atom stereocenters. The first-order chi connectivity index (χ1) is 14.8. The predicted molar refractivity (Wildman–Crippen MR) is 122 cm³/mol. The number of sulfonamides is 1. The van der Waals surface area contributed by atoms with Gasteiger partial charge in [-0.05, 0) is 24.3 Å². The lowest BCUT2D eigenvalue weighted by Crippen LogP contribution is -2.43. The van der Waals surface area contributed by atoms with E-state index in [4.69, 9.17) is 17.0 Å². The highest BCUT2D eigenvalue weighted by atomic mass is 32.2. The molecule has 0 atom stereocenters. The van der Waals surface area contributed by atoms with Crippen LogP contribution in [0.5, 0.6) is 5.75 Å². The quantitative estimate of drug-likeness (QED) is 0.341. The number of rotatable bonds is 8. The van der Waals surface area contributed by atoms with Gasteiger partial charge in [0.2, 0.25) is 5.91 Å². The summed E-state index contributed by atoms with van der Waals surface area (Å²) < 4.78 is 29.9. The molecule has 0 saturated carbocycles. The van der Waals surface area contributed by atoms with Gasteiger partial charge in [-0.3, -0.25) is 19.9 Å². The Labute approximate surface area is 189 Å². The minimum absolute atomic E-state index is 0.0207. The van der Waals surface area contributed by atoms with Gasteiger partial charge in [-0.1, -0.05) is 60.4 Å². The Morgan fingerprint density at radius 3 is 2.55 bits per heavy atom. The van der Waals surface area contributed by atoms with E-state index in [1.54, 1.807) is 37.5 Å². The van der Waals surface area contributed by atoms with E-state index in [9.17, 15) is 18.0 Å². The summed E-state index contributed by atoms with van der Waals surface area (Å²) in [6.07, 6.45) is 1.55. The van der Waals surface area contributed by atoms with E-state index < -0.39 is 15.9 Å². The summed E-state index contributed by atoms with van der Waals surface area (Å²) in [7, 11) is -2.33. The second kappa shape index (κ2) is 10.1. The Morgan fingerprint density at radius 1 is 1.16 bits per heavy atom. The monoisotopic (exact) mass is 477 g/mol. The van der Waals surface area contributed by atoms with Crippen molar-refractivity contribution in [2.75, 3.05) is 13.7 Å². The van der Waals surface area contributed by atoms with Crippen LogP contribution in [0.4, 0.5) is 0 Å². The number of amides is 2. The molecule has 2 aromatic rings. The number of methoxy groups -OCH3 is 1. The standard InChI is InChI=1S/C20H19N3O5S3/c1-28-16-10-6-5-7-14(16)13-17-19(25)23(20(29)30-17)12-11-18(24)21-22-31(26,27)15-8-3-2-4-9-15/h2-10,13,22H,11-12H2,1H3,(H,21,24)/b17-13-. The molecule has 31 heavy (non-hydrogen) atoms. The van der Waals surface area contributed by atoms with Crippen LogP contribution in [0.3, 0.4) is 0 Å². The number of ether oxygens (including phenoxy) is 1. The van der Waals surface area contributed by atoms with Gasteiger partial charge < -0.3 is 4.74 Å². The molecule has 11 heteroatoms. The Kier molecular flexibility index (Phi) is 7.44. The fourth-order valence-electron chi connectivity index (χ4n) is 2.68. The minimum atomic E-state index is -3.88. The van der Waals surface area contributed by atoms with Crippen molar-refractivity contribution in [1.82, 2.24) is 15.2 Å². The molecule has 2 aromatic carbocycles. The maximum Gasteiger partial charge on any atom is 0.266 e. The average molecular weight is 478 g/mol. The summed E-state index contributed by atoms with van der Waals surface area (Å²) in [5.74, 6) is -0.293. The normalized spacial score (nSPS) is 15.4. The fraction of sp³-hybridized carbons (Fsp3) is 0.150. The van der Waals surface area contributed by atoms with Crippen molar-refractivity contribution in [3.05, 3.63) is 65.1 Å². The molecule has 1 aliphatic rings. The molecule has 1 fully saturated rings. The zero-order chi connectivity index (χ0) is 22.4. The number of benzene rings is 2. The van der Waals surface area contributed by atoms with Crippen LogP contribution >= 0.6 is 24.0 Å². The molecule has 1 aliphatic heterocycles. The Bertz CT molecular complexity index is 1130. The highest BCUT2D eigenvalue weighted by molar-refractivity contribution is 8.26. The van der Waals surface area contributed by atoms with Gasteiger partial charge in [-0.2, -0.15) is 0 Å². The van der Waals surface area contributed by atoms with Crippen LogP contribution in [-0.4, -0.2) is 43.1 Å². The lowest BCUT2D eigenvalue weighted by molar-refractivity contribution is -0.124. The number of thiocarbonyl (C=S) groups is 1. The summed E-state index contributed by atoms with van der Waals surface area (Å²) >= 11 is 6.40. The van der Waals surface area contributed by atoms with E-state index in [1.165, 1.54) is 17.0 Å². The zero-order valence-electron chi connectivity index (χ0n) is 16.4. The number of nitrogens with one attached hydrogen (secondary N) is 2. The third kappa shape index (κ3) is 5.70. The average Bonchev–Trinajstić information content (AvgIpc) is 3.04. The van der Waals surface area contributed by atoms with Crippen LogP contribution in [0.25, 0.3) is 6.08 Å². The number of carbonyl (C=O) groups excluding carboxylic acids is 2. The van der Waals surface area contributed by atoms with Crippen LogP contribution in [-0.2, 0) is 19.6 Å². The van der Waals surface area contributed by atoms with Crippen molar-refractivity contribution < 1.29 is 22.7 Å². The van der Waals surface area contributed by atoms with Gasteiger partial charge in [0.15, 0.2) is 0 Å². The lowest BCUT2D eigenvalue weighted by Gasteiger charge is -2.14. The molecule has 2 amide bonds. The highest BCUT2D eigenvalue weighted by Crippen LogP contribution is 2.34. The number of hydrazine groups is 1. The molecular weight excluding hydrogens is 458 g/mol. The van der Waals surface area contributed by atoms with Gasteiger partial charge in [0.1, 0.15) is 10.1 Å². The summed E-state index contributed by atoms with van der Waals surface area (Å²) in [5.41, 5.74) is 2.88. The Hall–Kier alpha value is -2.73. The molecule has 0 aliphatic carbocycles. The molecule has 2 N–H and O–H groups in total. The third-order valence-electron chi connectivity index (χ3n) is 4.24. The number of para-hydroxylation sites is 1. The molecule has 162 valence electrons. The molecule has 0 spiro atoms. The molecule has 3 rings (SSSR count). The SMILES string of the molecule is COc1ccccc1/C=C1\SC(=S)N(CCC(=O)NNS(=O)(=O)c2ccccc2)C1=O. The molecule has 0 aromatic heterocycles. The van der Waals surface area contributed by atoms with E-state index in [-0.39, 0.29) is 23.8 Å². The first-order valence-electron chi connectivity index (χ1n) is 9.06. The molecular formula is C20H19N3O5S3. The van der Waals surface area contributed by atoms with E-state index in [2.05, 4.69) is 5.43 Å². The van der Waals surface area contributed by atoms with Crippen LogP contribution < -0.4 is 15.0 Å². The topological polar surface area (TPSA) is 105 Å². The van der Waals surface area contributed by atoms with Gasteiger partial charge in [0.05, 0.1) is 16.9 Å². The summed E-state index contributed by atoms with van der Waals surface area (Å²) in [4.78, 5) is 28.6. The largest absolute Gasteiger partial charge is 0.496 e. The number of hydrogen-bond acceptors (Lipinski definition) is 7. The summed E-state index contributed by atoms with van der Waals surface area (Å²) in [6, 6.07) is 14.9. The zero-order valence-corrected chi connectivity index (χ0v) is 18.9. The molecule has 1 saturated heterocycles. The van der Waals surface area contributed by atoms with Gasteiger partial charge in [-0.15, -0.1) is 4.83 Å². The number of thioether (sulfide) groups is 1. The molecule has 8 nitrogen and oxygen atoms in total. The second-order valence-corrected chi connectivity index (χ2v) is 9.65. The van der Waals surface area contributed by atoms with Crippen molar-refractivity contribution in [2.24, 2.45) is 0 Å². The van der Waals surface area contributed by atoms with Crippen LogP contribution in [0.2, 0.25) is 0 Å². The first-order valence-corrected chi connectivity index (χ1v) is 11.8. The second-order valence-electron chi connectivity index (χ2n) is 6.29. The number of nitrogens with zero attached hydrogens (tertiary/aromatic N) is 1. The number of hydrogen-bond donors (Lipinski definition) is 2. The minimum Gasteiger partial charge on any atom is -0.496 e. The van der Waals surface area contributed by atoms with E-state index in [1.807, 2.05) is 23.0 Å². The van der Waals surface area contributed by atoms with E-state index in [0.29, 0.717) is 15.0 Å². The lowest BCUT2D eigenvalue weighted by atomic mass is 10.2. The van der Waals surface area contributed by atoms with Gasteiger partial charge in [-0.25, -0.2) is 8.42 Å². The fourth-order valence-corrected chi connectivity index (χ4v) is 4.86. The van der Waals surface area contributed by atoms with Crippen molar-refractivity contribution in [3.63, 3.8) is 0 Å². The van der Waals surface area contributed by atoms with Gasteiger partial charge >= 0.3 is 0 Å². The van der Waals surface area contributed by atoms with Crippen LogP contribution in [0, 0.1) is 0 Å². The molecule has 1 heterocycles. The van der Waals surface area contributed by atoms with E-state index in [0.717, 1.165) is 17.3 Å². The van der Waals surface area contributed by atoms with Gasteiger partial charge in [0, 0.05) is 18.5 Å².